The fourth-order valence-corrected chi connectivity index (χ4v) is 4.13. The lowest BCUT2D eigenvalue weighted by Gasteiger charge is -2.45. The third kappa shape index (κ3) is 4.77. The zero-order valence-electron chi connectivity index (χ0n) is 17.9. The molecule has 2 atom stereocenters. The maximum absolute atomic E-state index is 13.5. The number of amides is 3. The molecular weight excluding hydrogens is 437 g/mol. The predicted octanol–water partition coefficient (Wildman–Crippen LogP) is 2.76. The third-order valence-electron chi connectivity index (χ3n) is 5.29. The third-order valence-corrected chi connectivity index (χ3v) is 5.48. The van der Waals surface area contributed by atoms with E-state index in [1.165, 1.54) is 25.1 Å². The molecule has 0 aromatic carbocycles. The van der Waals surface area contributed by atoms with E-state index in [4.69, 9.17) is 11.6 Å². The Morgan fingerprint density at radius 2 is 1.97 bits per heavy atom. The molecule has 2 aromatic rings. The zero-order valence-corrected chi connectivity index (χ0v) is 18.7. The van der Waals surface area contributed by atoms with Crippen LogP contribution in [0.5, 0.6) is 0 Å². The molecule has 0 saturated carbocycles. The smallest absolute Gasteiger partial charge is 0.282 e. The minimum atomic E-state index is -1.06. The molecule has 2 aromatic heterocycles. The van der Waals surface area contributed by atoms with E-state index in [0.717, 1.165) is 0 Å². The fraction of sp³-hybridized carbons (Fsp3) is 0.318. The first-order valence-electron chi connectivity index (χ1n) is 9.91. The van der Waals surface area contributed by atoms with Crippen LogP contribution in [0.3, 0.4) is 0 Å². The molecule has 0 unspecified atom stereocenters. The quantitative estimate of drug-likeness (QED) is 0.560. The molecule has 32 heavy (non-hydrogen) atoms. The summed E-state index contributed by atoms with van der Waals surface area (Å²) in [5.41, 5.74) is 1.91. The maximum atomic E-state index is 13.5. The van der Waals surface area contributed by atoms with Crippen molar-refractivity contribution in [3.8, 4) is 11.3 Å². The Morgan fingerprint density at radius 1 is 1.25 bits per heavy atom. The molecule has 0 spiro atoms. The first-order chi connectivity index (χ1) is 15.1. The topological polar surface area (TPSA) is 95.5 Å². The molecule has 168 valence electrons. The van der Waals surface area contributed by atoms with Gasteiger partial charge in [-0.25, -0.2) is 9.37 Å². The average Bonchev–Trinajstić information content (AvgIpc) is 2.76. The summed E-state index contributed by atoms with van der Waals surface area (Å²) in [5.74, 6) is -2.40. The molecule has 3 amide bonds. The molecule has 0 radical (unpaired) electrons. The van der Waals surface area contributed by atoms with Crippen molar-refractivity contribution in [3.05, 3.63) is 59.3 Å². The second-order valence-corrected chi connectivity index (χ2v) is 7.91. The second-order valence-electron chi connectivity index (χ2n) is 7.52. The zero-order chi connectivity index (χ0) is 23.6. The fourth-order valence-electron chi connectivity index (χ4n) is 3.92. The number of aromatic nitrogens is 2. The number of carbonyl (C=O) groups is 3. The Bertz CT molecular complexity index is 1090. The Labute approximate surface area is 190 Å². The lowest BCUT2D eigenvalue weighted by molar-refractivity contribution is -0.144. The summed E-state index contributed by atoms with van der Waals surface area (Å²) in [6.07, 6.45) is 1.49. The first-order valence-corrected chi connectivity index (χ1v) is 10.3. The molecule has 8 nitrogen and oxygen atoms in total. The molecule has 1 fully saturated rings. The van der Waals surface area contributed by atoms with Crippen molar-refractivity contribution in [2.75, 3.05) is 20.1 Å². The molecule has 1 N–H and O–H groups in total. The molecule has 1 aliphatic heterocycles. The van der Waals surface area contributed by atoms with Crippen LogP contribution in [0.25, 0.3) is 11.3 Å². The summed E-state index contributed by atoms with van der Waals surface area (Å²) in [4.78, 5) is 48.0. The number of pyridine rings is 2. The summed E-state index contributed by atoms with van der Waals surface area (Å²) in [6.45, 7) is 6.59. The Morgan fingerprint density at radius 3 is 2.59 bits per heavy atom. The minimum absolute atomic E-state index is 0.0747. The molecule has 3 rings (SSSR count). The van der Waals surface area contributed by atoms with Crippen LogP contribution in [0.2, 0.25) is 5.15 Å². The molecule has 0 aliphatic carbocycles. The summed E-state index contributed by atoms with van der Waals surface area (Å²) in [7, 11) is 1.51. The van der Waals surface area contributed by atoms with Crippen molar-refractivity contribution in [3.63, 3.8) is 0 Å². The van der Waals surface area contributed by atoms with Crippen molar-refractivity contribution in [2.24, 2.45) is 0 Å². The highest BCUT2D eigenvalue weighted by molar-refractivity contribution is 6.29. The number of halogens is 2. The average molecular weight is 460 g/mol. The predicted molar refractivity (Wildman–Crippen MR) is 117 cm³/mol. The molecule has 3 heterocycles. The van der Waals surface area contributed by atoms with Gasteiger partial charge in [0.2, 0.25) is 5.91 Å². The summed E-state index contributed by atoms with van der Waals surface area (Å²) < 4.78 is 13.5. The van der Waals surface area contributed by atoms with Crippen molar-refractivity contribution in [2.45, 2.75) is 25.9 Å². The van der Waals surface area contributed by atoms with Crippen LogP contribution < -0.4 is 5.32 Å². The van der Waals surface area contributed by atoms with E-state index in [-0.39, 0.29) is 41.8 Å². The summed E-state index contributed by atoms with van der Waals surface area (Å²) in [5, 5.41) is 2.69. The molecular formula is C22H23ClFN5O3. The maximum Gasteiger partial charge on any atom is 0.282 e. The highest BCUT2D eigenvalue weighted by Gasteiger charge is 2.37. The molecule has 10 heteroatoms. The van der Waals surface area contributed by atoms with Gasteiger partial charge in [0, 0.05) is 44.9 Å². The second kappa shape index (κ2) is 9.44. The lowest BCUT2D eigenvalue weighted by Crippen LogP contribution is -2.56. The number of piperazine rings is 1. The van der Waals surface area contributed by atoms with Gasteiger partial charge in [-0.1, -0.05) is 18.2 Å². The number of carbonyl (C=O) groups excluding carboxylic acids is 3. The molecule has 1 aliphatic rings. The number of nitrogens with one attached hydrogen (secondary N) is 1. The Hall–Kier alpha value is -3.33. The van der Waals surface area contributed by atoms with Crippen molar-refractivity contribution in [1.29, 1.82) is 0 Å². The van der Waals surface area contributed by atoms with Crippen LogP contribution in [-0.2, 0) is 9.59 Å². The van der Waals surface area contributed by atoms with E-state index in [2.05, 4.69) is 21.9 Å². The number of rotatable bonds is 4. The standard InChI is InChI=1S/C22H23ClFN5O3/c1-12-10-28(22(32)13(2)24)11-19(29(12)14(3)30)16-8-17(27-20(23)9-16)15-5-6-26-18(7-15)21(31)25-4/h5-9,12,19H,2,10-11H2,1,3-4H3,(H,25,31)/t12-,19-/m0/s1. The van der Waals surface area contributed by atoms with Gasteiger partial charge < -0.3 is 15.1 Å². The van der Waals surface area contributed by atoms with Crippen LogP contribution in [0.15, 0.2) is 42.9 Å². The summed E-state index contributed by atoms with van der Waals surface area (Å²) in [6, 6.07) is 5.68. The van der Waals surface area contributed by atoms with Crippen LogP contribution in [-0.4, -0.2) is 63.7 Å². The number of hydrogen-bond acceptors (Lipinski definition) is 5. The van der Waals surface area contributed by atoms with Gasteiger partial charge in [-0.15, -0.1) is 0 Å². The van der Waals surface area contributed by atoms with E-state index in [1.807, 2.05) is 0 Å². The van der Waals surface area contributed by atoms with Gasteiger partial charge in [0.25, 0.3) is 11.8 Å². The monoisotopic (exact) mass is 459 g/mol. The normalized spacial score (nSPS) is 18.3. The van der Waals surface area contributed by atoms with E-state index < -0.39 is 17.8 Å². The Kier molecular flexibility index (Phi) is 6.88. The van der Waals surface area contributed by atoms with Crippen LogP contribution >= 0.6 is 11.6 Å². The number of hydrogen-bond donors (Lipinski definition) is 1. The van der Waals surface area contributed by atoms with Crippen LogP contribution in [0, 0.1) is 0 Å². The van der Waals surface area contributed by atoms with E-state index in [9.17, 15) is 18.8 Å². The minimum Gasteiger partial charge on any atom is -0.354 e. The lowest BCUT2D eigenvalue weighted by atomic mass is 9.97. The van der Waals surface area contributed by atoms with Gasteiger partial charge in [0.15, 0.2) is 5.83 Å². The van der Waals surface area contributed by atoms with Gasteiger partial charge in [-0.05, 0) is 36.8 Å². The SMILES string of the molecule is C=C(F)C(=O)N1C[C@H](C)N(C(C)=O)[C@H](c2cc(Cl)nc(-c3ccnc(C(=O)NC)c3)c2)C1. The van der Waals surface area contributed by atoms with E-state index in [1.54, 1.807) is 36.1 Å². The van der Waals surface area contributed by atoms with Crippen molar-refractivity contribution in [1.82, 2.24) is 25.1 Å². The van der Waals surface area contributed by atoms with E-state index >= 15 is 0 Å². The van der Waals surface area contributed by atoms with Gasteiger partial charge in [-0.2, -0.15) is 0 Å². The summed E-state index contributed by atoms with van der Waals surface area (Å²) >= 11 is 6.30. The molecule has 0 bridgehead atoms. The van der Waals surface area contributed by atoms with E-state index in [0.29, 0.717) is 16.8 Å². The van der Waals surface area contributed by atoms with Crippen LogP contribution in [0.1, 0.15) is 35.9 Å². The number of nitrogens with zero attached hydrogens (tertiary/aromatic N) is 4. The van der Waals surface area contributed by atoms with Crippen molar-refractivity contribution < 1.29 is 18.8 Å². The Balaban J connectivity index is 2.06. The molecule has 1 saturated heterocycles. The van der Waals surface area contributed by atoms with Crippen LogP contribution in [0.4, 0.5) is 4.39 Å². The highest BCUT2D eigenvalue weighted by atomic mass is 35.5. The first kappa shape index (κ1) is 23.3. The van der Waals surface area contributed by atoms with Gasteiger partial charge >= 0.3 is 0 Å². The van der Waals surface area contributed by atoms with Crippen molar-refractivity contribution >= 4 is 29.3 Å². The largest absolute Gasteiger partial charge is 0.354 e. The van der Waals surface area contributed by atoms with Gasteiger partial charge in [0.05, 0.1) is 11.7 Å². The van der Waals surface area contributed by atoms with Gasteiger partial charge in [0.1, 0.15) is 10.8 Å². The van der Waals surface area contributed by atoms with Gasteiger partial charge in [-0.3, -0.25) is 19.4 Å². The highest BCUT2D eigenvalue weighted by Crippen LogP contribution is 2.33.